The van der Waals surface area contributed by atoms with Crippen molar-refractivity contribution in [2.24, 2.45) is 0 Å². The molecule has 2 heterocycles. The van der Waals surface area contributed by atoms with Crippen LogP contribution in [0.2, 0.25) is 5.02 Å². The highest BCUT2D eigenvalue weighted by Crippen LogP contribution is 2.36. The highest BCUT2D eigenvalue weighted by molar-refractivity contribution is 7.99. The average molecular weight is 412 g/mol. The third-order valence-electron chi connectivity index (χ3n) is 4.17. The standard InChI is InChI=1S/C20H18ClN5OS/c1-12-5-4-6-17(11-12)26-18(15-7-9-16(21)10-8-15)23-25-20(26)28-13(2)19-24-22-14(3)27-19/h4-11,13H,1-3H3. The Bertz CT molecular complexity index is 1110. The fourth-order valence-corrected chi connectivity index (χ4v) is 3.84. The second-order valence-electron chi connectivity index (χ2n) is 6.41. The molecule has 0 saturated heterocycles. The summed E-state index contributed by atoms with van der Waals surface area (Å²) in [5.41, 5.74) is 3.09. The van der Waals surface area contributed by atoms with Crippen LogP contribution in [0.4, 0.5) is 0 Å². The fourth-order valence-electron chi connectivity index (χ4n) is 2.82. The molecule has 6 nitrogen and oxygen atoms in total. The van der Waals surface area contributed by atoms with Crippen molar-refractivity contribution in [2.45, 2.75) is 31.2 Å². The summed E-state index contributed by atoms with van der Waals surface area (Å²) in [5.74, 6) is 1.86. The minimum atomic E-state index is -0.0629. The molecule has 142 valence electrons. The molecule has 0 spiro atoms. The molecule has 0 saturated carbocycles. The summed E-state index contributed by atoms with van der Waals surface area (Å²) in [5, 5.41) is 18.3. The predicted octanol–water partition coefficient (Wildman–Crippen LogP) is 5.44. The molecule has 0 bridgehead atoms. The van der Waals surface area contributed by atoms with Gasteiger partial charge in [0, 0.05) is 23.2 Å². The van der Waals surface area contributed by atoms with Crippen LogP contribution in [0.1, 0.15) is 29.5 Å². The van der Waals surface area contributed by atoms with Crippen LogP contribution in [0.5, 0.6) is 0 Å². The van der Waals surface area contributed by atoms with E-state index < -0.39 is 0 Å². The molecule has 8 heteroatoms. The quantitative estimate of drug-likeness (QED) is 0.407. The van der Waals surface area contributed by atoms with Crippen LogP contribution in [-0.4, -0.2) is 25.0 Å². The second kappa shape index (κ2) is 7.77. The molecule has 2 aromatic carbocycles. The Morgan fingerprint density at radius 2 is 1.79 bits per heavy atom. The Morgan fingerprint density at radius 1 is 1.00 bits per heavy atom. The van der Waals surface area contributed by atoms with E-state index in [2.05, 4.69) is 39.5 Å². The lowest BCUT2D eigenvalue weighted by molar-refractivity contribution is 0.470. The smallest absolute Gasteiger partial charge is 0.229 e. The van der Waals surface area contributed by atoms with Gasteiger partial charge in [0.05, 0.1) is 5.25 Å². The molecule has 0 aliphatic carbocycles. The second-order valence-corrected chi connectivity index (χ2v) is 8.15. The van der Waals surface area contributed by atoms with Crippen LogP contribution in [0.3, 0.4) is 0 Å². The Morgan fingerprint density at radius 3 is 2.46 bits per heavy atom. The van der Waals surface area contributed by atoms with E-state index in [4.69, 9.17) is 16.0 Å². The lowest BCUT2D eigenvalue weighted by Crippen LogP contribution is -2.01. The van der Waals surface area contributed by atoms with Crippen molar-refractivity contribution in [3.63, 3.8) is 0 Å². The molecule has 4 rings (SSSR count). The summed E-state index contributed by atoms with van der Waals surface area (Å²) in [4.78, 5) is 0. The molecule has 0 N–H and O–H groups in total. The molecule has 0 aliphatic rings. The van der Waals surface area contributed by atoms with Crippen molar-refractivity contribution in [1.82, 2.24) is 25.0 Å². The van der Waals surface area contributed by atoms with Crippen LogP contribution in [-0.2, 0) is 0 Å². The first kappa shape index (κ1) is 18.7. The zero-order valence-electron chi connectivity index (χ0n) is 15.6. The zero-order valence-corrected chi connectivity index (χ0v) is 17.2. The minimum Gasteiger partial charge on any atom is -0.424 e. The molecule has 0 radical (unpaired) electrons. The highest BCUT2D eigenvalue weighted by Gasteiger charge is 2.21. The molecule has 4 aromatic rings. The number of rotatable bonds is 5. The number of aromatic nitrogens is 5. The molecule has 2 aromatic heterocycles. The van der Waals surface area contributed by atoms with E-state index in [0.717, 1.165) is 27.8 Å². The van der Waals surface area contributed by atoms with Crippen molar-refractivity contribution in [3.8, 4) is 17.1 Å². The number of halogens is 1. The summed E-state index contributed by atoms with van der Waals surface area (Å²) < 4.78 is 7.61. The van der Waals surface area contributed by atoms with E-state index in [1.54, 1.807) is 6.92 Å². The Hall–Kier alpha value is -2.64. The molecule has 0 aliphatic heterocycles. The van der Waals surface area contributed by atoms with Crippen LogP contribution in [0.25, 0.3) is 17.1 Å². The molecule has 1 unspecified atom stereocenters. The zero-order chi connectivity index (χ0) is 19.7. The SMILES string of the molecule is Cc1cccc(-n2c(SC(C)c3nnc(C)o3)nnc2-c2ccc(Cl)cc2)c1. The first-order valence-corrected chi connectivity index (χ1v) is 10.0. The van der Waals surface area contributed by atoms with Gasteiger partial charge in [0.1, 0.15) is 0 Å². The summed E-state index contributed by atoms with van der Waals surface area (Å²) in [6.07, 6.45) is 0. The third-order valence-corrected chi connectivity index (χ3v) is 5.45. The monoisotopic (exact) mass is 411 g/mol. The number of aryl methyl sites for hydroxylation is 2. The summed E-state index contributed by atoms with van der Waals surface area (Å²) in [6.45, 7) is 5.85. The van der Waals surface area contributed by atoms with Gasteiger partial charge in [-0.1, -0.05) is 35.5 Å². The first-order chi connectivity index (χ1) is 13.5. The number of hydrogen-bond donors (Lipinski definition) is 0. The van der Waals surface area contributed by atoms with E-state index in [0.29, 0.717) is 16.8 Å². The van der Waals surface area contributed by atoms with Crippen LogP contribution < -0.4 is 0 Å². The van der Waals surface area contributed by atoms with Gasteiger partial charge >= 0.3 is 0 Å². The molecule has 28 heavy (non-hydrogen) atoms. The highest BCUT2D eigenvalue weighted by atomic mass is 35.5. The average Bonchev–Trinajstić information content (AvgIpc) is 3.29. The summed E-state index contributed by atoms with van der Waals surface area (Å²) in [7, 11) is 0. The Labute approximate surface area is 172 Å². The minimum absolute atomic E-state index is 0.0629. The number of thioether (sulfide) groups is 1. The van der Waals surface area contributed by atoms with Gasteiger partial charge in [-0.3, -0.25) is 4.57 Å². The van der Waals surface area contributed by atoms with E-state index in [1.807, 2.05) is 47.9 Å². The van der Waals surface area contributed by atoms with Gasteiger partial charge in [0.15, 0.2) is 11.0 Å². The maximum Gasteiger partial charge on any atom is 0.229 e. The first-order valence-electron chi connectivity index (χ1n) is 8.76. The third kappa shape index (κ3) is 3.81. The van der Waals surface area contributed by atoms with Gasteiger partial charge in [-0.05, 0) is 55.8 Å². The fraction of sp³-hybridized carbons (Fsp3) is 0.200. The van der Waals surface area contributed by atoms with E-state index >= 15 is 0 Å². The van der Waals surface area contributed by atoms with E-state index in [1.165, 1.54) is 11.8 Å². The number of hydrogen-bond acceptors (Lipinski definition) is 6. The van der Waals surface area contributed by atoms with Crippen molar-refractivity contribution in [3.05, 3.63) is 70.9 Å². The molecular formula is C20H18ClN5OS. The normalized spacial score (nSPS) is 12.3. The lowest BCUT2D eigenvalue weighted by Gasteiger charge is -2.12. The van der Waals surface area contributed by atoms with Crippen molar-refractivity contribution in [2.75, 3.05) is 0 Å². The molecule has 0 amide bonds. The van der Waals surface area contributed by atoms with Gasteiger partial charge in [-0.25, -0.2) is 0 Å². The van der Waals surface area contributed by atoms with Gasteiger partial charge in [0.25, 0.3) is 0 Å². The van der Waals surface area contributed by atoms with Gasteiger partial charge < -0.3 is 4.42 Å². The molecule has 1 atom stereocenters. The maximum atomic E-state index is 6.05. The molecule has 0 fully saturated rings. The maximum absolute atomic E-state index is 6.05. The summed E-state index contributed by atoms with van der Waals surface area (Å²) in [6, 6.07) is 15.8. The van der Waals surface area contributed by atoms with Gasteiger partial charge in [0.2, 0.25) is 11.8 Å². The van der Waals surface area contributed by atoms with E-state index in [-0.39, 0.29) is 5.25 Å². The topological polar surface area (TPSA) is 69.6 Å². The molecular weight excluding hydrogens is 394 g/mol. The van der Waals surface area contributed by atoms with Crippen LogP contribution >= 0.6 is 23.4 Å². The lowest BCUT2D eigenvalue weighted by atomic mass is 10.2. The van der Waals surface area contributed by atoms with Crippen molar-refractivity contribution >= 4 is 23.4 Å². The summed E-state index contributed by atoms with van der Waals surface area (Å²) >= 11 is 7.57. The predicted molar refractivity (Wildman–Crippen MR) is 110 cm³/mol. The Kier molecular flexibility index (Phi) is 5.19. The van der Waals surface area contributed by atoms with Gasteiger partial charge in [-0.15, -0.1) is 20.4 Å². The van der Waals surface area contributed by atoms with Crippen molar-refractivity contribution in [1.29, 1.82) is 0 Å². The van der Waals surface area contributed by atoms with Crippen molar-refractivity contribution < 1.29 is 4.42 Å². The van der Waals surface area contributed by atoms with Crippen LogP contribution in [0, 0.1) is 13.8 Å². The number of benzene rings is 2. The number of nitrogens with zero attached hydrogens (tertiary/aromatic N) is 5. The largest absolute Gasteiger partial charge is 0.424 e. The Balaban J connectivity index is 1.79. The van der Waals surface area contributed by atoms with Crippen LogP contribution in [0.15, 0.2) is 58.1 Å². The van der Waals surface area contributed by atoms with Gasteiger partial charge in [-0.2, -0.15) is 0 Å². The van der Waals surface area contributed by atoms with E-state index in [9.17, 15) is 0 Å².